The second-order valence-electron chi connectivity index (χ2n) is 7.09. The van der Waals surface area contributed by atoms with Gasteiger partial charge < -0.3 is 9.88 Å². The van der Waals surface area contributed by atoms with Crippen LogP contribution in [0, 0.1) is 5.92 Å². The van der Waals surface area contributed by atoms with Gasteiger partial charge in [-0.2, -0.15) is 0 Å². The fourth-order valence-corrected chi connectivity index (χ4v) is 3.70. The van der Waals surface area contributed by atoms with Crippen LogP contribution in [0.15, 0.2) is 53.5 Å². The fourth-order valence-electron chi connectivity index (χ4n) is 3.57. The van der Waals surface area contributed by atoms with E-state index in [4.69, 9.17) is 11.6 Å². The molecule has 1 aliphatic rings. The highest BCUT2D eigenvalue weighted by atomic mass is 35.5. The van der Waals surface area contributed by atoms with Crippen LogP contribution in [0.5, 0.6) is 0 Å². The monoisotopic (exact) mass is 379 g/mol. The van der Waals surface area contributed by atoms with E-state index in [1.54, 1.807) is 0 Å². The highest BCUT2D eigenvalue weighted by Gasteiger charge is 2.28. The van der Waals surface area contributed by atoms with Crippen molar-refractivity contribution in [1.29, 1.82) is 0 Å². The van der Waals surface area contributed by atoms with E-state index in [-0.39, 0.29) is 17.9 Å². The molecule has 138 valence electrons. The number of benzene rings is 2. The summed E-state index contributed by atoms with van der Waals surface area (Å²) in [6, 6.07) is 15.6. The predicted octanol–water partition coefficient (Wildman–Crippen LogP) is 5.13. The van der Waals surface area contributed by atoms with Crippen LogP contribution in [0.25, 0.3) is 10.9 Å². The van der Waals surface area contributed by atoms with E-state index in [9.17, 15) is 4.79 Å². The predicted molar refractivity (Wildman–Crippen MR) is 112 cm³/mol. The lowest BCUT2D eigenvalue weighted by Crippen LogP contribution is -2.31. The molecule has 0 spiro atoms. The minimum atomic E-state index is -0.356. The van der Waals surface area contributed by atoms with Crippen LogP contribution in [0.3, 0.4) is 0 Å². The van der Waals surface area contributed by atoms with Crippen molar-refractivity contribution in [1.82, 2.24) is 4.57 Å². The number of aliphatic imine (C=N–C) groups is 1. The van der Waals surface area contributed by atoms with Gasteiger partial charge in [-0.25, -0.2) is 0 Å². The summed E-state index contributed by atoms with van der Waals surface area (Å²) in [4.78, 5) is 17.5. The van der Waals surface area contributed by atoms with Gasteiger partial charge in [-0.15, -0.1) is 0 Å². The largest absolute Gasteiger partial charge is 0.322 e. The molecule has 0 saturated carbocycles. The number of hydrogen-bond acceptors (Lipinski definition) is 2. The Morgan fingerprint density at radius 3 is 2.67 bits per heavy atom. The molecule has 4 nitrogen and oxygen atoms in total. The Hall–Kier alpha value is -2.59. The van der Waals surface area contributed by atoms with E-state index >= 15 is 0 Å². The molecule has 1 aromatic heterocycles. The lowest BCUT2D eigenvalue weighted by Gasteiger charge is -2.18. The van der Waals surface area contributed by atoms with Gasteiger partial charge in [-0.1, -0.05) is 62.2 Å². The topological polar surface area (TPSA) is 46.4 Å². The highest BCUT2D eigenvalue weighted by molar-refractivity contribution is 6.30. The van der Waals surface area contributed by atoms with Gasteiger partial charge in [-0.05, 0) is 29.7 Å². The Balaban J connectivity index is 1.83. The van der Waals surface area contributed by atoms with Crippen molar-refractivity contribution in [2.75, 3.05) is 5.32 Å². The molecule has 0 bridgehead atoms. The number of rotatable bonds is 4. The van der Waals surface area contributed by atoms with Crippen molar-refractivity contribution in [2.45, 2.75) is 32.9 Å². The maximum atomic E-state index is 12.8. The highest BCUT2D eigenvalue weighted by Crippen LogP contribution is 2.32. The smallest absolute Gasteiger partial charge is 0.250 e. The Morgan fingerprint density at radius 2 is 1.93 bits per heavy atom. The Morgan fingerprint density at radius 1 is 1.19 bits per heavy atom. The van der Waals surface area contributed by atoms with Crippen molar-refractivity contribution < 1.29 is 4.79 Å². The van der Waals surface area contributed by atoms with E-state index in [0.29, 0.717) is 11.6 Å². The van der Waals surface area contributed by atoms with E-state index in [2.05, 4.69) is 40.9 Å². The molecule has 0 radical (unpaired) electrons. The maximum Gasteiger partial charge on any atom is 0.250 e. The molecule has 27 heavy (non-hydrogen) atoms. The van der Waals surface area contributed by atoms with Crippen LogP contribution >= 0.6 is 11.6 Å². The fraction of sp³-hybridized carbons (Fsp3) is 0.273. The molecule has 2 unspecified atom stereocenters. The van der Waals surface area contributed by atoms with E-state index in [0.717, 1.165) is 34.3 Å². The molecule has 0 aliphatic carbocycles. The third-order valence-electron chi connectivity index (χ3n) is 5.32. The molecular formula is C22H22ClN3O. The first kappa shape index (κ1) is 17.8. The minimum absolute atomic E-state index is 0.0421. The molecule has 2 atom stereocenters. The molecular weight excluding hydrogens is 358 g/mol. The van der Waals surface area contributed by atoms with E-state index in [1.165, 1.54) is 0 Å². The summed E-state index contributed by atoms with van der Waals surface area (Å²) in [6.45, 7) is 4.80. The number of halogens is 1. The molecule has 5 heteroatoms. The van der Waals surface area contributed by atoms with Crippen LogP contribution < -0.4 is 5.32 Å². The van der Waals surface area contributed by atoms with Gasteiger partial charge in [0.25, 0.3) is 5.91 Å². The number of para-hydroxylation sites is 1. The molecule has 1 amide bonds. The average Bonchev–Trinajstić information content (AvgIpc) is 2.84. The van der Waals surface area contributed by atoms with Crippen LogP contribution in [0.4, 0.5) is 5.82 Å². The minimum Gasteiger partial charge on any atom is -0.322 e. The second kappa shape index (κ2) is 7.20. The van der Waals surface area contributed by atoms with Crippen molar-refractivity contribution in [3.8, 4) is 0 Å². The molecule has 3 aromatic rings. The molecule has 2 aromatic carbocycles. The number of carbonyl (C=O) groups excluding carboxylic acids is 1. The standard InChI is InChI=1S/C22H22ClN3O/c1-3-14(2)20-22(27)25-21-18(12-24-20)17-6-4-5-7-19(17)26(21)13-15-8-10-16(23)11-9-15/h4-12,14,20H,3,13H2,1-2H3,(H,25,27). The Labute approximate surface area is 163 Å². The molecule has 0 fully saturated rings. The number of carbonyl (C=O) groups is 1. The zero-order valence-electron chi connectivity index (χ0n) is 15.4. The van der Waals surface area contributed by atoms with Gasteiger partial charge in [0.1, 0.15) is 11.9 Å². The Bertz CT molecular complexity index is 1020. The van der Waals surface area contributed by atoms with E-state index < -0.39 is 0 Å². The van der Waals surface area contributed by atoms with E-state index in [1.807, 2.05) is 42.6 Å². The summed E-state index contributed by atoms with van der Waals surface area (Å²) in [5, 5.41) is 4.96. The van der Waals surface area contributed by atoms with Gasteiger partial charge in [0.05, 0.1) is 5.52 Å². The average molecular weight is 380 g/mol. The van der Waals surface area contributed by atoms with Crippen LogP contribution in [0.2, 0.25) is 5.02 Å². The van der Waals surface area contributed by atoms with Crippen molar-refractivity contribution in [3.63, 3.8) is 0 Å². The van der Waals surface area contributed by atoms with Crippen molar-refractivity contribution >= 4 is 40.4 Å². The number of nitrogens with one attached hydrogen (secondary N) is 1. The lowest BCUT2D eigenvalue weighted by atomic mass is 9.99. The summed E-state index contributed by atoms with van der Waals surface area (Å²) in [5.74, 6) is 0.964. The number of amides is 1. The summed E-state index contributed by atoms with van der Waals surface area (Å²) < 4.78 is 2.15. The first-order chi connectivity index (χ1) is 13.1. The quantitative estimate of drug-likeness (QED) is 0.671. The molecule has 1 N–H and O–H groups in total. The van der Waals surface area contributed by atoms with Crippen molar-refractivity contribution in [3.05, 3.63) is 64.7 Å². The Kier molecular flexibility index (Phi) is 4.75. The number of fused-ring (bicyclic) bond motifs is 3. The maximum absolute atomic E-state index is 12.8. The summed E-state index contributed by atoms with van der Waals surface area (Å²) >= 11 is 6.02. The zero-order chi connectivity index (χ0) is 19.0. The molecule has 4 rings (SSSR count). The second-order valence-corrected chi connectivity index (χ2v) is 7.53. The SMILES string of the molecule is CCC(C)C1N=Cc2c(n(Cc3ccc(Cl)cc3)c3ccccc23)NC1=O. The zero-order valence-corrected chi connectivity index (χ0v) is 16.2. The lowest BCUT2D eigenvalue weighted by molar-refractivity contribution is -0.118. The third kappa shape index (κ3) is 3.26. The molecule has 0 saturated heterocycles. The number of aromatic nitrogens is 1. The third-order valence-corrected chi connectivity index (χ3v) is 5.57. The van der Waals surface area contributed by atoms with Gasteiger partial charge in [-0.3, -0.25) is 9.79 Å². The molecule has 1 aliphatic heterocycles. The van der Waals surface area contributed by atoms with Gasteiger partial charge >= 0.3 is 0 Å². The summed E-state index contributed by atoms with van der Waals surface area (Å²) in [5.41, 5.74) is 3.17. The number of nitrogens with zero attached hydrogens (tertiary/aromatic N) is 2. The van der Waals surface area contributed by atoms with Crippen LogP contribution in [0.1, 0.15) is 31.4 Å². The first-order valence-electron chi connectivity index (χ1n) is 9.28. The first-order valence-corrected chi connectivity index (χ1v) is 9.66. The van der Waals surface area contributed by atoms with Crippen LogP contribution in [-0.2, 0) is 11.3 Å². The summed E-state index contributed by atoms with van der Waals surface area (Å²) in [7, 11) is 0. The van der Waals surface area contributed by atoms with Crippen molar-refractivity contribution in [2.24, 2.45) is 10.9 Å². The van der Waals surface area contributed by atoms with Crippen LogP contribution in [-0.4, -0.2) is 22.7 Å². The number of hydrogen-bond donors (Lipinski definition) is 1. The molecule has 2 heterocycles. The normalized spacial score (nSPS) is 17.4. The summed E-state index contributed by atoms with van der Waals surface area (Å²) in [6.07, 6.45) is 2.77. The van der Waals surface area contributed by atoms with Gasteiger partial charge in [0.2, 0.25) is 0 Å². The number of anilines is 1. The van der Waals surface area contributed by atoms with Gasteiger partial charge in [0, 0.05) is 28.7 Å². The van der Waals surface area contributed by atoms with Gasteiger partial charge in [0.15, 0.2) is 0 Å².